The molecule has 1 saturated heterocycles. The summed E-state index contributed by atoms with van der Waals surface area (Å²) in [5.74, 6) is 0.634. The molecule has 0 bridgehead atoms. The van der Waals surface area contributed by atoms with Crippen LogP contribution in [0.15, 0.2) is 36.4 Å². The van der Waals surface area contributed by atoms with Crippen LogP contribution in [0.2, 0.25) is 5.02 Å². The fourth-order valence-electron chi connectivity index (χ4n) is 3.54. The summed E-state index contributed by atoms with van der Waals surface area (Å²) in [7, 11) is 3.06. The number of carbonyl (C=O) groups excluding carboxylic acids is 1. The van der Waals surface area contributed by atoms with E-state index in [1.165, 1.54) is 26.4 Å². The number of halogens is 2. The van der Waals surface area contributed by atoms with Gasteiger partial charge >= 0.3 is 0 Å². The van der Waals surface area contributed by atoms with E-state index < -0.39 is 0 Å². The molecule has 3 rings (SSSR count). The van der Waals surface area contributed by atoms with Gasteiger partial charge in [-0.1, -0.05) is 23.7 Å². The number of carbonyl (C=O) groups is 1. The Morgan fingerprint density at radius 1 is 1.03 bits per heavy atom. The predicted octanol–water partition coefficient (Wildman–Crippen LogP) is 3.64. The highest BCUT2D eigenvalue weighted by atomic mass is 35.5. The number of ether oxygens (including phenoxy) is 2. The van der Waals surface area contributed by atoms with E-state index in [2.05, 4.69) is 15.1 Å². The Morgan fingerprint density at radius 3 is 2.40 bits per heavy atom. The van der Waals surface area contributed by atoms with Gasteiger partial charge in [0.15, 0.2) is 0 Å². The zero-order valence-corrected chi connectivity index (χ0v) is 18.0. The second kappa shape index (κ2) is 10.6. The molecule has 162 valence electrons. The molecule has 1 N–H and O–H groups in total. The van der Waals surface area contributed by atoms with Gasteiger partial charge < -0.3 is 14.8 Å². The molecule has 0 aliphatic carbocycles. The van der Waals surface area contributed by atoms with Gasteiger partial charge in [0, 0.05) is 25.7 Å². The molecule has 1 fully saturated rings. The average molecular weight is 436 g/mol. The lowest BCUT2D eigenvalue weighted by atomic mass is 10.2. The minimum atomic E-state index is -0.221. The molecular formula is C22H27ClFN3O3. The lowest BCUT2D eigenvalue weighted by Crippen LogP contribution is -2.36. The van der Waals surface area contributed by atoms with Crippen LogP contribution in [0, 0.1) is 5.82 Å². The highest BCUT2D eigenvalue weighted by Crippen LogP contribution is 2.35. The van der Waals surface area contributed by atoms with Crippen LogP contribution in [0.1, 0.15) is 12.0 Å². The smallest absolute Gasteiger partial charge is 0.238 e. The largest absolute Gasteiger partial charge is 0.495 e. The van der Waals surface area contributed by atoms with Gasteiger partial charge in [0.1, 0.15) is 17.3 Å². The van der Waals surface area contributed by atoms with Crippen molar-refractivity contribution in [3.05, 3.63) is 52.8 Å². The Bertz CT molecular complexity index is 863. The zero-order chi connectivity index (χ0) is 21.5. The van der Waals surface area contributed by atoms with Crippen molar-refractivity contribution in [2.75, 3.05) is 52.3 Å². The molecule has 0 spiro atoms. The minimum absolute atomic E-state index is 0.124. The molecule has 1 amide bonds. The Morgan fingerprint density at radius 2 is 1.70 bits per heavy atom. The first kappa shape index (κ1) is 22.3. The fourth-order valence-corrected chi connectivity index (χ4v) is 3.78. The Kier molecular flexibility index (Phi) is 7.90. The maximum atomic E-state index is 13.1. The van der Waals surface area contributed by atoms with Gasteiger partial charge in [0.25, 0.3) is 0 Å². The average Bonchev–Trinajstić information content (AvgIpc) is 2.95. The topological polar surface area (TPSA) is 54.0 Å². The highest BCUT2D eigenvalue weighted by Gasteiger charge is 2.19. The lowest BCUT2D eigenvalue weighted by molar-refractivity contribution is -0.117. The first-order valence-electron chi connectivity index (χ1n) is 9.89. The monoisotopic (exact) mass is 435 g/mol. The second-order valence-corrected chi connectivity index (χ2v) is 7.67. The van der Waals surface area contributed by atoms with Gasteiger partial charge in [0.05, 0.1) is 31.5 Å². The fraction of sp³-hybridized carbons (Fsp3) is 0.409. The molecule has 2 aromatic carbocycles. The van der Waals surface area contributed by atoms with Crippen molar-refractivity contribution < 1.29 is 18.7 Å². The standard InChI is InChI=1S/C22H27ClFN3O3/c1-29-20-13-21(30-2)19(12-18(20)23)25-22(28)15-27-9-3-8-26(10-11-27)14-16-4-6-17(24)7-5-16/h4-7,12-13H,3,8-11,14-15H2,1-2H3,(H,25,28). The molecule has 1 heterocycles. The van der Waals surface area contributed by atoms with Gasteiger partial charge in [-0.3, -0.25) is 14.6 Å². The molecule has 2 aromatic rings. The van der Waals surface area contributed by atoms with E-state index in [9.17, 15) is 9.18 Å². The van der Waals surface area contributed by atoms with Crippen LogP contribution >= 0.6 is 11.6 Å². The van der Waals surface area contributed by atoms with Crippen LogP contribution < -0.4 is 14.8 Å². The lowest BCUT2D eigenvalue weighted by Gasteiger charge is -2.22. The van der Waals surface area contributed by atoms with Crippen LogP contribution in [-0.4, -0.2) is 62.7 Å². The summed E-state index contributed by atoms with van der Waals surface area (Å²) in [6, 6.07) is 9.89. The number of nitrogens with one attached hydrogen (secondary N) is 1. The molecule has 1 aliphatic rings. The highest BCUT2D eigenvalue weighted by molar-refractivity contribution is 6.32. The van der Waals surface area contributed by atoms with Gasteiger partial charge in [-0.25, -0.2) is 4.39 Å². The van der Waals surface area contributed by atoms with Crippen molar-refractivity contribution in [3.8, 4) is 11.5 Å². The van der Waals surface area contributed by atoms with E-state index in [1.54, 1.807) is 12.1 Å². The number of benzene rings is 2. The first-order valence-corrected chi connectivity index (χ1v) is 10.3. The molecule has 30 heavy (non-hydrogen) atoms. The molecular weight excluding hydrogens is 409 g/mol. The van der Waals surface area contributed by atoms with Crippen molar-refractivity contribution in [2.45, 2.75) is 13.0 Å². The van der Waals surface area contributed by atoms with E-state index in [1.807, 2.05) is 12.1 Å². The molecule has 6 nitrogen and oxygen atoms in total. The molecule has 0 unspecified atom stereocenters. The predicted molar refractivity (Wildman–Crippen MR) is 116 cm³/mol. The number of hydrogen-bond donors (Lipinski definition) is 1. The molecule has 0 atom stereocenters. The molecule has 0 aromatic heterocycles. The number of rotatable bonds is 7. The van der Waals surface area contributed by atoms with Gasteiger partial charge in [-0.05, 0) is 43.3 Å². The van der Waals surface area contributed by atoms with E-state index in [4.69, 9.17) is 21.1 Å². The molecule has 1 aliphatic heterocycles. The van der Waals surface area contributed by atoms with E-state index in [0.717, 1.165) is 44.7 Å². The quantitative estimate of drug-likeness (QED) is 0.719. The first-order chi connectivity index (χ1) is 14.5. The summed E-state index contributed by atoms with van der Waals surface area (Å²) >= 11 is 6.18. The van der Waals surface area contributed by atoms with Crippen LogP contribution in [0.3, 0.4) is 0 Å². The van der Waals surface area contributed by atoms with Crippen LogP contribution in [0.4, 0.5) is 10.1 Å². The molecule has 8 heteroatoms. The summed E-state index contributed by atoms with van der Waals surface area (Å²) in [6.45, 7) is 4.49. The number of hydrogen-bond acceptors (Lipinski definition) is 5. The Balaban J connectivity index is 1.53. The zero-order valence-electron chi connectivity index (χ0n) is 17.3. The van der Waals surface area contributed by atoms with Gasteiger partial charge in [-0.2, -0.15) is 0 Å². The number of nitrogens with zero attached hydrogens (tertiary/aromatic N) is 2. The summed E-state index contributed by atoms with van der Waals surface area (Å²) in [6.07, 6.45) is 0.964. The maximum Gasteiger partial charge on any atom is 0.238 e. The molecule has 0 radical (unpaired) electrons. The summed E-state index contributed by atoms with van der Waals surface area (Å²) in [5.41, 5.74) is 1.60. The van der Waals surface area contributed by atoms with E-state index in [-0.39, 0.29) is 18.3 Å². The van der Waals surface area contributed by atoms with Crippen LogP contribution in [0.25, 0.3) is 0 Å². The van der Waals surface area contributed by atoms with Crippen molar-refractivity contribution in [2.24, 2.45) is 0 Å². The van der Waals surface area contributed by atoms with E-state index in [0.29, 0.717) is 22.2 Å². The second-order valence-electron chi connectivity index (χ2n) is 7.27. The van der Waals surface area contributed by atoms with Crippen molar-refractivity contribution in [1.82, 2.24) is 9.80 Å². The SMILES string of the molecule is COc1cc(OC)c(NC(=O)CN2CCCN(Cc3ccc(F)cc3)CC2)cc1Cl. The van der Waals surface area contributed by atoms with Crippen LogP contribution in [0.5, 0.6) is 11.5 Å². The number of amides is 1. The third-order valence-electron chi connectivity index (χ3n) is 5.12. The Hall–Kier alpha value is -2.35. The minimum Gasteiger partial charge on any atom is -0.495 e. The third kappa shape index (κ3) is 6.08. The molecule has 0 saturated carbocycles. The van der Waals surface area contributed by atoms with Crippen molar-refractivity contribution in [1.29, 1.82) is 0 Å². The van der Waals surface area contributed by atoms with Crippen molar-refractivity contribution in [3.63, 3.8) is 0 Å². The maximum absolute atomic E-state index is 13.1. The summed E-state index contributed by atoms with van der Waals surface area (Å²) in [5, 5.41) is 3.29. The van der Waals surface area contributed by atoms with Gasteiger partial charge in [0.2, 0.25) is 5.91 Å². The third-order valence-corrected chi connectivity index (χ3v) is 5.41. The number of anilines is 1. The van der Waals surface area contributed by atoms with E-state index >= 15 is 0 Å². The summed E-state index contributed by atoms with van der Waals surface area (Å²) < 4.78 is 23.6. The number of methoxy groups -OCH3 is 2. The Labute approximate surface area is 181 Å². The van der Waals surface area contributed by atoms with Crippen LogP contribution in [-0.2, 0) is 11.3 Å². The van der Waals surface area contributed by atoms with Gasteiger partial charge in [-0.15, -0.1) is 0 Å². The normalized spacial score (nSPS) is 15.5. The van der Waals surface area contributed by atoms with Crippen molar-refractivity contribution >= 4 is 23.2 Å². The summed E-state index contributed by atoms with van der Waals surface area (Å²) in [4.78, 5) is 17.1.